The van der Waals surface area contributed by atoms with Gasteiger partial charge < -0.3 is 5.21 Å². The lowest BCUT2D eigenvalue weighted by atomic mass is 10.1. The average Bonchev–Trinajstić information content (AvgIpc) is 2.99. The second kappa shape index (κ2) is 6.43. The van der Waals surface area contributed by atoms with E-state index in [0.29, 0.717) is 0 Å². The van der Waals surface area contributed by atoms with Gasteiger partial charge in [-0.05, 0) is 60.4 Å². The molecule has 3 rings (SSSR count). The van der Waals surface area contributed by atoms with Crippen LogP contribution in [0.4, 0.5) is 4.39 Å². The first-order valence-corrected chi connectivity index (χ1v) is 7.70. The molecule has 2 nitrogen and oxygen atoms in total. The summed E-state index contributed by atoms with van der Waals surface area (Å²) in [7, 11) is 0. The third kappa shape index (κ3) is 3.53. The highest BCUT2D eigenvalue weighted by atomic mass is 32.2. The van der Waals surface area contributed by atoms with E-state index in [1.165, 1.54) is 23.3 Å². The van der Waals surface area contributed by atoms with Crippen molar-refractivity contribution >= 4 is 17.3 Å². The number of hydrogen-bond donors (Lipinski definition) is 2. The van der Waals surface area contributed by atoms with E-state index in [-0.39, 0.29) is 11.9 Å². The lowest BCUT2D eigenvalue weighted by Crippen LogP contribution is -2.20. The number of benzene rings is 2. The molecule has 0 aliphatic heterocycles. The van der Waals surface area contributed by atoms with Gasteiger partial charge in [0.1, 0.15) is 5.82 Å². The monoisotopic (exact) mass is 301 g/mol. The quantitative estimate of drug-likeness (QED) is 0.815. The van der Waals surface area contributed by atoms with Crippen LogP contribution in [0.2, 0.25) is 0 Å². The molecule has 108 valence electrons. The van der Waals surface area contributed by atoms with Crippen molar-refractivity contribution in [1.29, 1.82) is 0 Å². The molecule has 0 aromatic heterocycles. The van der Waals surface area contributed by atoms with Gasteiger partial charge in [0.15, 0.2) is 0 Å². The molecule has 1 unspecified atom stereocenters. The Balaban J connectivity index is 1.79. The molecule has 1 aliphatic rings. The van der Waals surface area contributed by atoms with Gasteiger partial charge in [0.25, 0.3) is 0 Å². The summed E-state index contributed by atoms with van der Waals surface area (Å²) in [6.07, 6.45) is 3.95. The Kier molecular flexibility index (Phi) is 4.39. The third-order valence-electron chi connectivity index (χ3n) is 3.55. The fourth-order valence-corrected chi connectivity index (χ4v) is 3.34. The predicted molar refractivity (Wildman–Crippen MR) is 82.9 cm³/mol. The number of nitrogens with one attached hydrogen (secondary N) is 1. The minimum Gasteiger partial charge on any atom is -0.316 e. The zero-order valence-corrected chi connectivity index (χ0v) is 12.2. The molecule has 2 N–H and O–H groups in total. The van der Waals surface area contributed by atoms with E-state index in [0.717, 1.165) is 22.6 Å². The molecule has 0 bridgehead atoms. The summed E-state index contributed by atoms with van der Waals surface area (Å²) in [4.78, 5) is 2.14. The molecular weight excluding hydrogens is 285 g/mol. The smallest absolute Gasteiger partial charge is 0.123 e. The van der Waals surface area contributed by atoms with Gasteiger partial charge in [-0.15, -0.1) is 0 Å². The molecule has 21 heavy (non-hydrogen) atoms. The highest BCUT2D eigenvalue weighted by Crippen LogP contribution is 2.33. The van der Waals surface area contributed by atoms with Crippen molar-refractivity contribution < 1.29 is 9.60 Å². The summed E-state index contributed by atoms with van der Waals surface area (Å²) in [5.41, 5.74) is 4.74. The van der Waals surface area contributed by atoms with E-state index >= 15 is 0 Å². The number of hydrogen-bond acceptors (Lipinski definition) is 3. The van der Waals surface area contributed by atoms with Crippen molar-refractivity contribution in [3.63, 3.8) is 0 Å². The molecule has 1 atom stereocenters. The molecule has 0 radical (unpaired) electrons. The molecule has 0 spiro atoms. The van der Waals surface area contributed by atoms with Gasteiger partial charge in [-0.3, -0.25) is 0 Å². The number of halogens is 1. The maximum absolute atomic E-state index is 12.9. The molecule has 4 heteroatoms. The summed E-state index contributed by atoms with van der Waals surface area (Å²) < 4.78 is 12.9. The van der Waals surface area contributed by atoms with E-state index in [4.69, 9.17) is 5.21 Å². The van der Waals surface area contributed by atoms with Crippen LogP contribution in [0.3, 0.4) is 0 Å². The Morgan fingerprint density at radius 1 is 1.10 bits per heavy atom. The van der Waals surface area contributed by atoms with Crippen LogP contribution in [-0.4, -0.2) is 11.2 Å². The Morgan fingerprint density at radius 2 is 1.90 bits per heavy atom. The normalized spacial score (nSPS) is 17.8. The Bertz CT molecular complexity index is 654. The summed E-state index contributed by atoms with van der Waals surface area (Å²) >= 11 is 1.62. The average molecular weight is 301 g/mol. The third-order valence-corrected chi connectivity index (χ3v) is 4.54. The van der Waals surface area contributed by atoms with Crippen molar-refractivity contribution in [3.8, 4) is 0 Å². The van der Waals surface area contributed by atoms with E-state index < -0.39 is 0 Å². The zero-order chi connectivity index (χ0) is 14.7. The number of hydroxylamine groups is 1. The fourth-order valence-electron chi connectivity index (χ4n) is 2.46. The Hall–Kier alpha value is -1.62. The maximum atomic E-state index is 12.9. The summed E-state index contributed by atoms with van der Waals surface area (Å²) in [6.45, 7) is 0. The van der Waals surface area contributed by atoms with Crippen LogP contribution in [0, 0.1) is 5.82 Å². The van der Waals surface area contributed by atoms with Gasteiger partial charge in [0.05, 0.1) is 6.04 Å². The number of rotatable bonds is 4. The van der Waals surface area contributed by atoms with E-state index in [1.54, 1.807) is 23.9 Å². The minimum absolute atomic E-state index is 0.0495. The van der Waals surface area contributed by atoms with Crippen molar-refractivity contribution in [2.24, 2.45) is 0 Å². The molecule has 0 saturated heterocycles. The lowest BCUT2D eigenvalue weighted by Gasteiger charge is -2.06. The predicted octanol–water partition coefficient (Wildman–Crippen LogP) is 4.50. The summed E-state index contributed by atoms with van der Waals surface area (Å²) in [5.74, 6) is -0.216. The van der Waals surface area contributed by atoms with Gasteiger partial charge in [-0.2, -0.15) is 5.48 Å². The molecule has 2 aromatic carbocycles. The molecule has 0 fully saturated rings. The van der Waals surface area contributed by atoms with Crippen molar-refractivity contribution in [2.45, 2.75) is 28.7 Å². The van der Waals surface area contributed by atoms with Crippen LogP contribution >= 0.6 is 11.8 Å². The first kappa shape index (κ1) is 14.3. The Morgan fingerprint density at radius 3 is 2.62 bits per heavy atom. The molecular formula is C17H16FNOS. The highest BCUT2D eigenvalue weighted by Gasteiger charge is 2.16. The molecule has 0 heterocycles. The second-order valence-electron chi connectivity index (χ2n) is 5.05. The van der Waals surface area contributed by atoms with Gasteiger partial charge >= 0.3 is 0 Å². The lowest BCUT2D eigenvalue weighted by molar-refractivity contribution is 0.143. The van der Waals surface area contributed by atoms with E-state index in [2.05, 4.69) is 29.8 Å². The first-order valence-electron chi connectivity index (χ1n) is 6.89. The van der Waals surface area contributed by atoms with Crippen molar-refractivity contribution in [1.82, 2.24) is 5.48 Å². The maximum Gasteiger partial charge on any atom is 0.123 e. The standard InChI is InChI=1S/C17H16FNOS/c18-14-5-8-16(9-6-14)21-17-3-1-2-12(11-17)13-4-7-15(10-13)19-20/h1-3,5-6,8-11,15,19-20H,4,7H2. The van der Waals surface area contributed by atoms with Crippen LogP contribution in [0.25, 0.3) is 5.57 Å². The zero-order valence-electron chi connectivity index (χ0n) is 11.4. The van der Waals surface area contributed by atoms with Gasteiger partial charge in [0, 0.05) is 9.79 Å². The first-order chi connectivity index (χ1) is 10.2. The minimum atomic E-state index is -0.216. The van der Waals surface area contributed by atoms with Crippen molar-refractivity contribution in [3.05, 3.63) is 66.0 Å². The molecule has 2 aromatic rings. The van der Waals surface area contributed by atoms with Gasteiger partial charge in [-0.1, -0.05) is 30.0 Å². The van der Waals surface area contributed by atoms with Crippen LogP contribution in [0.1, 0.15) is 18.4 Å². The second-order valence-corrected chi connectivity index (χ2v) is 6.20. The molecule has 0 amide bonds. The van der Waals surface area contributed by atoms with Crippen LogP contribution in [-0.2, 0) is 0 Å². The van der Waals surface area contributed by atoms with Gasteiger partial charge in [-0.25, -0.2) is 4.39 Å². The van der Waals surface area contributed by atoms with Crippen molar-refractivity contribution in [2.75, 3.05) is 0 Å². The highest BCUT2D eigenvalue weighted by molar-refractivity contribution is 7.99. The van der Waals surface area contributed by atoms with E-state index in [1.807, 2.05) is 6.07 Å². The van der Waals surface area contributed by atoms with Crippen LogP contribution in [0.15, 0.2) is 64.4 Å². The van der Waals surface area contributed by atoms with Crippen LogP contribution in [0.5, 0.6) is 0 Å². The largest absolute Gasteiger partial charge is 0.316 e. The SMILES string of the molecule is ONC1C=C(c2cccc(Sc3ccc(F)cc3)c2)CC1. The topological polar surface area (TPSA) is 32.3 Å². The Labute approximate surface area is 127 Å². The van der Waals surface area contributed by atoms with Gasteiger partial charge in [0.2, 0.25) is 0 Å². The van der Waals surface area contributed by atoms with E-state index in [9.17, 15) is 4.39 Å². The summed E-state index contributed by atoms with van der Waals surface area (Å²) in [5, 5.41) is 8.97. The number of allylic oxidation sites excluding steroid dienone is 1. The summed E-state index contributed by atoms with van der Waals surface area (Å²) in [6, 6.07) is 14.9. The molecule has 1 aliphatic carbocycles. The molecule has 0 saturated carbocycles. The van der Waals surface area contributed by atoms with Crippen LogP contribution < -0.4 is 5.48 Å². The fraction of sp³-hybridized carbons (Fsp3) is 0.176.